The van der Waals surface area contributed by atoms with Crippen LogP contribution in [0.3, 0.4) is 0 Å². The van der Waals surface area contributed by atoms with Crippen LogP contribution in [0.25, 0.3) is 0 Å². The molecular formula is C22H47N3O4. The van der Waals surface area contributed by atoms with Crippen molar-refractivity contribution in [2.24, 2.45) is 11.7 Å². The number of hydrogen-bond donors (Lipinski definition) is 2. The monoisotopic (exact) mass is 417 g/mol. The molecule has 0 bridgehead atoms. The molecule has 1 saturated heterocycles. The molecule has 0 aliphatic carbocycles. The van der Waals surface area contributed by atoms with Gasteiger partial charge in [0.15, 0.2) is 0 Å². The van der Waals surface area contributed by atoms with Gasteiger partial charge in [-0.1, -0.05) is 68.2 Å². The molecule has 29 heavy (non-hydrogen) atoms. The second-order valence-electron chi connectivity index (χ2n) is 5.90. The van der Waals surface area contributed by atoms with Gasteiger partial charge in [0.25, 0.3) is 5.91 Å². The minimum atomic E-state index is -0.880. The third-order valence-corrected chi connectivity index (χ3v) is 3.80. The van der Waals surface area contributed by atoms with Crippen LogP contribution in [0.4, 0.5) is 0 Å². The van der Waals surface area contributed by atoms with Crippen LogP contribution in [0.15, 0.2) is 0 Å². The van der Waals surface area contributed by atoms with Crippen molar-refractivity contribution in [1.82, 2.24) is 10.2 Å². The molecule has 0 aromatic carbocycles. The lowest BCUT2D eigenvalue weighted by Crippen LogP contribution is -2.43. The predicted octanol–water partition coefficient (Wildman–Crippen LogP) is 3.69. The Hall–Kier alpha value is -1.92. The lowest BCUT2D eigenvalue weighted by atomic mass is 10.0. The summed E-state index contributed by atoms with van der Waals surface area (Å²) in [6.07, 6.45) is 5.94. The molecular weight excluding hydrogens is 370 g/mol. The van der Waals surface area contributed by atoms with E-state index >= 15 is 0 Å². The van der Waals surface area contributed by atoms with Crippen LogP contribution >= 0.6 is 0 Å². The molecule has 2 unspecified atom stereocenters. The van der Waals surface area contributed by atoms with Gasteiger partial charge in [0.1, 0.15) is 6.04 Å². The zero-order valence-corrected chi connectivity index (χ0v) is 20.3. The van der Waals surface area contributed by atoms with Crippen LogP contribution in [-0.2, 0) is 19.2 Å². The third-order valence-electron chi connectivity index (χ3n) is 3.80. The third kappa shape index (κ3) is 20.6. The van der Waals surface area contributed by atoms with Gasteiger partial charge in [-0.15, -0.1) is 0 Å². The SMILES string of the molecule is CC.CC.CC.CC(=O)C(N)=O.CCCC(C)CCNC(=O)C1CCCN1C=O. The number of carbonyl (C=O) groups excluding carboxylic acids is 4. The molecule has 174 valence electrons. The molecule has 3 N–H and O–H groups in total. The summed E-state index contributed by atoms with van der Waals surface area (Å²) in [5, 5.41) is 2.94. The number of hydrogen-bond acceptors (Lipinski definition) is 4. The first kappa shape index (κ1) is 34.6. The number of Topliss-reactive ketones (excluding diaryl/α,β-unsaturated/α-hetero) is 1. The fourth-order valence-electron chi connectivity index (χ4n) is 2.39. The molecule has 0 aromatic heterocycles. The Labute approximate surface area is 179 Å². The highest BCUT2D eigenvalue weighted by atomic mass is 16.2. The van der Waals surface area contributed by atoms with E-state index in [1.807, 2.05) is 41.5 Å². The van der Waals surface area contributed by atoms with E-state index in [-0.39, 0.29) is 11.9 Å². The van der Waals surface area contributed by atoms with Gasteiger partial charge < -0.3 is 16.0 Å². The number of nitrogens with one attached hydrogen (secondary N) is 1. The molecule has 1 aliphatic heterocycles. The number of likely N-dealkylation sites (tertiary alicyclic amines) is 1. The fraction of sp³-hybridized carbons (Fsp3) is 0.818. The second-order valence-corrected chi connectivity index (χ2v) is 5.90. The molecule has 0 spiro atoms. The molecule has 7 nitrogen and oxygen atoms in total. The average molecular weight is 418 g/mol. The van der Waals surface area contributed by atoms with Gasteiger partial charge in [-0.2, -0.15) is 0 Å². The molecule has 7 heteroatoms. The Morgan fingerprint density at radius 1 is 1.10 bits per heavy atom. The van der Waals surface area contributed by atoms with Crippen LogP contribution in [0.2, 0.25) is 0 Å². The minimum Gasteiger partial charge on any atom is -0.363 e. The van der Waals surface area contributed by atoms with Crippen molar-refractivity contribution in [2.45, 2.75) is 100 Å². The minimum absolute atomic E-state index is 0.0123. The van der Waals surface area contributed by atoms with Crippen LogP contribution in [0, 0.1) is 5.92 Å². The number of nitrogens with zero attached hydrogens (tertiary/aromatic N) is 1. The summed E-state index contributed by atoms with van der Waals surface area (Å²) in [6, 6.07) is -0.228. The van der Waals surface area contributed by atoms with Gasteiger partial charge in [0.2, 0.25) is 18.1 Å². The standard InChI is InChI=1S/C13H24N2O2.C3H5NO2.3C2H6/c1-3-5-11(2)7-8-14-13(17)12-6-4-9-15(12)10-16;1-2(5)3(4)6;3*1-2/h10-12H,3-9H2,1-2H3,(H,14,17);1H3,(H2,4,6);3*1-2H3. The number of carbonyl (C=O) groups is 4. The van der Waals surface area contributed by atoms with E-state index in [2.05, 4.69) is 24.9 Å². The largest absolute Gasteiger partial charge is 0.363 e. The van der Waals surface area contributed by atoms with E-state index < -0.39 is 11.7 Å². The summed E-state index contributed by atoms with van der Waals surface area (Å²) in [6.45, 7) is 19.0. The van der Waals surface area contributed by atoms with Crippen molar-refractivity contribution in [1.29, 1.82) is 0 Å². The van der Waals surface area contributed by atoms with E-state index in [0.29, 0.717) is 12.5 Å². The van der Waals surface area contributed by atoms with Gasteiger partial charge in [0, 0.05) is 20.0 Å². The molecule has 1 aliphatic rings. The molecule has 1 fully saturated rings. The normalized spacial score (nSPS) is 14.7. The van der Waals surface area contributed by atoms with Crippen molar-refractivity contribution in [3.8, 4) is 0 Å². The molecule has 3 amide bonds. The van der Waals surface area contributed by atoms with Crippen molar-refractivity contribution in [3.05, 3.63) is 0 Å². The number of primary amides is 1. The van der Waals surface area contributed by atoms with Gasteiger partial charge in [-0.3, -0.25) is 19.2 Å². The predicted molar refractivity (Wildman–Crippen MR) is 121 cm³/mol. The first-order valence-electron chi connectivity index (χ1n) is 11.1. The number of amides is 3. The Morgan fingerprint density at radius 2 is 1.59 bits per heavy atom. The summed E-state index contributed by atoms with van der Waals surface area (Å²) >= 11 is 0. The van der Waals surface area contributed by atoms with Crippen molar-refractivity contribution in [3.63, 3.8) is 0 Å². The highest BCUT2D eigenvalue weighted by molar-refractivity contribution is 6.34. The van der Waals surface area contributed by atoms with E-state index in [4.69, 9.17) is 0 Å². The number of ketones is 1. The lowest BCUT2D eigenvalue weighted by molar-refractivity contribution is -0.134. The van der Waals surface area contributed by atoms with Gasteiger partial charge in [0.05, 0.1) is 0 Å². The number of nitrogens with two attached hydrogens (primary N) is 1. The van der Waals surface area contributed by atoms with Gasteiger partial charge in [-0.25, -0.2) is 0 Å². The first-order valence-corrected chi connectivity index (χ1v) is 11.1. The highest BCUT2D eigenvalue weighted by Gasteiger charge is 2.29. The fourth-order valence-corrected chi connectivity index (χ4v) is 2.39. The van der Waals surface area contributed by atoms with Crippen LogP contribution in [0.5, 0.6) is 0 Å². The smallest absolute Gasteiger partial charge is 0.284 e. The van der Waals surface area contributed by atoms with Crippen LogP contribution < -0.4 is 11.1 Å². The zero-order chi connectivity index (χ0) is 23.8. The maximum atomic E-state index is 11.8. The van der Waals surface area contributed by atoms with Crippen LogP contribution in [0.1, 0.15) is 94.4 Å². The quantitative estimate of drug-likeness (QED) is 0.463. The summed E-state index contributed by atoms with van der Waals surface area (Å²) in [5.74, 6) is -0.811. The molecule has 0 radical (unpaired) electrons. The Morgan fingerprint density at radius 3 is 1.97 bits per heavy atom. The van der Waals surface area contributed by atoms with E-state index in [0.717, 1.165) is 39.1 Å². The number of rotatable bonds is 8. The van der Waals surface area contributed by atoms with Gasteiger partial charge in [-0.05, 0) is 25.2 Å². The molecule has 1 heterocycles. The molecule has 0 aromatic rings. The maximum Gasteiger partial charge on any atom is 0.284 e. The van der Waals surface area contributed by atoms with Crippen molar-refractivity contribution >= 4 is 24.0 Å². The topological polar surface area (TPSA) is 110 Å². The summed E-state index contributed by atoms with van der Waals surface area (Å²) in [7, 11) is 0. The molecule has 1 rings (SSSR count). The van der Waals surface area contributed by atoms with E-state index in [1.54, 1.807) is 4.90 Å². The average Bonchev–Trinajstić information content (AvgIpc) is 3.22. The summed E-state index contributed by atoms with van der Waals surface area (Å²) in [5.41, 5.74) is 4.45. The van der Waals surface area contributed by atoms with Crippen molar-refractivity contribution < 1.29 is 19.2 Å². The maximum absolute atomic E-state index is 11.8. The summed E-state index contributed by atoms with van der Waals surface area (Å²) < 4.78 is 0. The van der Waals surface area contributed by atoms with Crippen molar-refractivity contribution in [2.75, 3.05) is 13.1 Å². The lowest BCUT2D eigenvalue weighted by Gasteiger charge is -2.19. The van der Waals surface area contributed by atoms with E-state index in [1.165, 1.54) is 12.8 Å². The summed E-state index contributed by atoms with van der Waals surface area (Å²) in [4.78, 5) is 43.4. The van der Waals surface area contributed by atoms with Gasteiger partial charge >= 0.3 is 0 Å². The Balaban J connectivity index is -0.000000218. The first-order chi connectivity index (χ1) is 13.8. The van der Waals surface area contributed by atoms with E-state index in [9.17, 15) is 19.2 Å². The van der Waals surface area contributed by atoms with Crippen LogP contribution in [-0.4, -0.2) is 48.0 Å². The highest BCUT2D eigenvalue weighted by Crippen LogP contribution is 2.15. The Kier molecular flexibility index (Phi) is 31.1. The second kappa shape index (κ2) is 26.1. The zero-order valence-electron chi connectivity index (χ0n) is 20.3. The Bertz CT molecular complexity index is 403. The molecule has 2 atom stereocenters. The molecule has 0 saturated carbocycles.